The lowest BCUT2D eigenvalue weighted by molar-refractivity contribution is 0.274. The molecule has 0 radical (unpaired) electrons. The van der Waals surface area contributed by atoms with E-state index in [9.17, 15) is 0 Å². The molecule has 0 aromatic carbocycles. The number of hydrogen-bond donors (Lipinski definition) is 1. The second kappa shape index (κ2) is 5.48. The lowest BCUT2D eigenvalue weighted by Gasteiger charge is -2.30. The van der Waals surface area contributed by atoms with Crippen molar-refractivity contribution in [1.82, 2.24) is 15.1 Å². The molecule has 1 aliphatic rings. The molecule has 1 heterocycles. The molecule has 1 unspecified atom stereocenters. The second-order valence-electron chi connectivity index (χ2n) is 4.88. The normalized spacial score (nSPS) is 19.9. The predicted octanol–water partition coefficient (Wildman–Crippen LogP) is 2.65. The van der Waals surface area contributed by atoms with Crippen LogP contribution in [-0.4, -0.2) is 16.3 Å². The molecule has 0 amide bonds. The fourth-order valence-corrected chi connectivity index (χ4v) is 2.84. The minimum Gasteiger partial charge on any atom is -0.310 e. The zero-order valence-electron chi connectivity index (χ0n) is 10.4. The fourth-order valence-electron chi connectivity index (χ4n) is 2.84. The van der Waals surface area contributed by atoms with Crippen molar-refractivity contribution >= 4 is 0 Å². The highest BCUT2D eigenvalue weighted by Gasteiger charge is 2.24. The summed E-state index contributed by atoms with van der Waals surface area (Å²) in [5.74, 6) is 0.804. The van der Waals surface area contributed by atoms with Crippen LogP contribution in [0.4, 0.5) is 0 Å². The molecule has 16 heavy (non-hydrogen) atoms. The van der Waals surface area contributed by atoms with Gasteiger partial charge in [-0.15, -0.1) is 0 Å². The van der Waals surface area contributed by atoms with Crippen LogP contribution in [0.2, 0.25) is 0 Å². The van der Waals surface area contributed by atoms with Crippen LogP contribution < -0.4 is 5.32 Å². The van der Waals surface area contributed by atoms with Gasteiger partial charge in [0.05, 0.1) is 6.20 Å². The molecule has 90 valence electrons. The lowest BCUT2D eigenvalue weighted by Crippen LogP contribution is -2.29. The Bertz CT molecular complexity index is 313. The maximum absolute atomic E-state index is 4.29. The van der Waals surface area contributed by atoms with Gasteiger partial charge in [0.1, 0.15) is 0 Å². The summed E-state index contributed by atoms with van der Waals surface area (Å²) in [7, 11) is 1.99. The summed E-state index contributed by atoms with van der Waals surface area (Å²) in [6, 6.07) is 0.513. The number of aromatic nitrogens is 2. The van der Waals surface area contributed by atoms with E-state index in [0.29, 0.717) is 6.04 Å². The molecule has 0 saturated heterocycles. The zero-order chi connectivity index (χ0) is 11.4. The van der Waals surface area contributed by atoms with Crippen molar-refractivity contribution < 1.29 is 0 Å². The quantitative estimate of drug-likeness (QED) is 0.847. The van der Waals surface area contributed by atoms with Crippen molar-refractivity contribution in [2.24, 2.45) is 13.0 Å². The van der Waals surface area contributed by atoms with Gasteiger partial charge < -0.3 is 5.32 Å². The van der Waals surface area contributed by atoms with E-state index in [2.05, 4.69) is 23.5 Å². The molecule has 0 spiro atoms. The second-order valence-corrected chi connectivity index (χ2v) is 4.88. The van der Waals surface area contributed by atoms with Gasteiger partial charge in [-0.3, -0.25) is 4.68 Å². The van der Waals surface area contributed by atoms with Crippen LogP contribution in [0, 0.1) is 5.92 Å². The molecular weight excluding hydrogens is 198 g/mol. The van der Waals surface area contributed by atoms with Gasteiger partial charge in [0.25, 0.3) is 0 Å². The molecule has 1 aromatic heterocycles. The maximum atomic E-state index is 4.29. The minimum atomic E-state index is 0.513. The topological polar surface area (TPSA) is 29.9 Å². The highest BCUT2D eigenvalue weighted by atomic mass is 15.2. The number of aryl methyl sites for hydroxylation is 1. The molecular formula is C13H23N3. The van der Waals surface area contributed by atoms with Gasteiger partial charge in [-0.1, -0.05) is 26.2 Å². The summed E-state index contributed by atoms with van der Waals surface area (Å²) in [5, 5.41) is 7.92. The van der Waals surface area contributed by atoms with Crippen molar-refractivity contribution in [3.8, 4) is 0 Å². The Hall–Kier alpha value is -0.830. The molecule has 3 heteroatoms. The summed E-state index contributed by atoms with van der Waals surface area (Å²) in [4.78, 5) is 0. The van der Waals surface area contributed by atoms with Gasteiger partial charge in [-0.25, -0.2) is 0 Å². The Labute approximate surface area is 98.2 Å². The SMILES string of the molecule is CCNC(c1cnn(C)c1)C1CCCCC1. The molecule has 1 fully saturated rings. The molecule has 0 aliphatic heterocycles. The summed E-state index contributed by atoms with van der Waals surface area (Å²) in [5.41, 5.74) is 1.36. The molecule has 0 bridgehead atoms. The van der Waals surface area contributed by atoms with E-state index in [0.717, 1.165) is 12.5 Å². The van der Waals surface area contributed by atoms with Crippen LogP contribution in [0.5, 0.6) is 0 Å². The highest BCUT2D eigenvalue weighted by molar-refractivity contribution is 5.12. The minimum absolute atomic E-state index is 0.513. The van der Waals surface area contributed by atoms with E-state index in [1.165, 1.54) is 37.7 Å². The summed E-state index contributed by atoms with van der Waals surface area (Å²) < 4.78 is 1.91. The van der Waals surface area contributed by atoms with Crippen LogP contribution in [0.3, 0.4) is 0 Å². The fraction of sp³-hybridized carbons (Fsp3) is 0.769. The van der Waals surface area contributed by atoms with E-state index in [1.807, 2.05) is 17.9 Å². The summed E-state index contributed by atoms with van der Waals surface area (Å²) in [6.07, 6.45) is 11.1. The molecule has 1 aromatic rings. The number of rotatable bonds is 4. The maximum Gasteiger partial charge on any atom is 0.0537 e. The van der Waals surface area contributed by atoms with E-state index < -0.39 is 0 Å². The first-order chi connectivity index (χ1) is 7.81. The van der Waals surface area contributed by atoms with Crippen molar-refractivity contribution in [3.05, 3.63) is 18.0 Å². The molecule has 1 atom stereocenters. The molecule has 1 aliphatic carbocycles. The van der Waals surface area contributed by atoms with Crippen LogP contribution in [0.1, 0.15) is 50.6 Å². The average molecular weight is 221 g/mol. The summed E-state index contributed by atoms with van der Waals surface area (Å²) >= 11 is 0. The molecule has 3 nitrogen and oxygen atoms in total. The lowest BCUT2D eigenvalue weighted by atomic mass is 9.82. The molecule has 2 rings (SSSR count). The molecule has 1 saturated carbocycles. The van der Waals surface area contributed by atoms with Crippen LogP contribution >= 0.6 is 0 Å². The monoisotopic (exact) mass is 221 g/mol. The Morgan fingerprint density at radius 2 is 2.19 bits per heavy atom. The van der Waals surface area contributed by atoms with Gasteiger partial charge in [-0.2, -0.15) is 5.10 Å². The third kappa shape index (κ3) is 2.64. The van der Waals surface area contributed by atoms with Crippen molar-refractivity contribution in [3.63, 3.8) is 0 Å². The summed E-state index contributed by atoms with van der Waals surface area (Å²) in [6.45, 7) is 3.22. The number of nitrogens with one attached hydrogen (secondary N) is 1. The van der Waals surface area contributed by atoms with Gasteiger partial charge in [0.15, 0.2) is 0 Å². The Morgan fingerprint density at radius 3 is 2.75 bits per heavy atom. The van der Waals surface area contributed by atoms with Gasteiger partial charge in [-0.05, 0) is 25.3 Å². The highest BCUT2D eigenvalue weighted by Crippen LogP contribution is 2.34. The van der Waals surface area contributed by atoms with Crippen molar-refractivity contribution in [1.29, 1.82) is 0 Å². The van der Waals surface area contributed by atoms with Crippen molar-refractivity contribution in [2.45, 2.75) is 45.1 Å². The largest absolute Gasteiger partial charge is 0.310 e. The first-order valence-electron chi connectivity index (χ1n) is 6.53. The predicted molar refractivity (Wildman–Crippen MR) is 66.2 cm³/mol. The van der Waals surface area contributed by atoms with Crippen molar-refractivity contribution in [2.75, 3.05) is 6.54 Å². The van der Waals surface area contributed by atoms with E-state index in [1.54, 1.807) is 0 Å². The number of nitrogens with zero attached hydrogens (tertiary/aromatic N) is 2. The van der Waals surface area contributed by atoms with Crippen LogP contribution in [-0.2, 0) is 7.05 Å². The third-order valence-electron chi connectivity index (χ3n) is 3.63. The third-order valence-corrected chi connectivity index (χ3v) is 3.63. The Morgan fingerprint density at radius 1 is 1.44 bits per heavy atom. The smallest absolute Gasteiger partial charge is 0.0537 e. The Balaban J connectivity index is 2.09. The zero-order valence-corrected chi connectivity index (χ0v) is 10.4. The van der Waals surface area contributed by atoms with Gasteiger partial charge >= 0.3 is 0 Å². The van der Waals surface area contributed by atoms with Crippen LogP contribution in [0.25, 0.3) is 0 Å². The standard InChI is InChI=1S/C13H23N3/c1-3-14-13(11-7-5-4-6-8-11)12-9-15-16(2)10-12/h9-11,13-14H,3-8H2,1-2H3. The van der Waals surface area contributed by atoms with E-state index in [4.69, 9.17) is 0 Å². The van der Waals surface area contributed by atoms with E-state index in [-0.39, 0.29) is 0 Å². The van der Waals surface area contributed by atoms with Gasteiger partial charge in [0.2, 0.25) is 0 Å². The first-order valence-corrected chi connectivity index (χ1v) is 6.53. The molecule has 1 N–H and O–H groups in total. The van der Waals surface area contributed by atoms with Crippen LogP contribution in [0.15, 0.2) is 12.4 Å². The van der Waals surface area contributed by atoms with Gasteiger partial charge in [0, 0.05) is 24.8 Å². The first kappa shape index (κ1) is 11.6. The average Bonchev–Trinajstić information content (AvgIpc) is 2.74. The van der Waals surface area contributed by atoms with E-state index >= 15 is 0 Å². The number of hydrogen-bond acceptors (Lipinski definition) is 2. The Kier molecular flexibility index (Phi) is 3.99.